The minimum absolute atomic E-state index is 0.0436. The lowest BCUT2D eigenvalue weighted by atomic mass is 9.88. The molecule has 1 aliphatic rings. The highest BCUT2D eigenvalue weighted by Gasteiger charge is 2.23. The fourth-order valence-electron chi connectivity index (χ4n) is 5.01. The SMILES string of the molecule is O=C(C[C@@H](c1ccc(F)cc1)c1cn(Cc2ccc(F)cc2)c2ccccc12)NCCN1CCOCC1. The Hall–Kier alpha value is -3.55. The zero-order valence-electron chi connectivity index (χ0n) is 20.7. The number of nitrogens with one attached hydrogen (secondary N) is 1. The monoisotopic (exact) mass is 503 g/mol. The van der Waals surface area contributed by atoms with Gasteiger partial charge in [-0.1, -0.05) is 42.5 Å². The number of hydrogen-bond acceptors (Lipinski definition) is 3. The van der Waals surface area contributed by atoms with Crippen molar-refractivity contribution in [3.8, 4) is 0 Å². The van der Waals surface area contributed by atoms with Crippen molar-refractivity contribution in [1.82, 2.24) is 14.8 Å². The number of morpholine rings is 1. The van der Waals surface area contributed by atoms with Gasteiger partial charge in [-0.3, -0.25) is 9.69 Å². The Kier molecular flexibility index (Phi) is 7.92. The van der Waals surface area contributed by atoms with Gasteiger partial charge in [0.2, 0.25) is 5.91 Å². The summed E-state index contributed by atoms with van der Waals surface area (Å²) in [5.74, 6) is -0.865. The van der Waals surface area contributed by atoms with E-state index in [4.69, 9.17) is 4.74 Å². The molecule has 1 aromatic heterocycles. The van der Waals surface area contributed by atoms with Crippen molar-refractivity contribution in [3.63, 3.8) is 0 Å². The molecule has 0 radical (unpaired) electrons. The molecular weight excluding hydrogens is 472 g/mol. The van der Waals surface area contributed by atoms with E-state index in [9.17, 15) is 13.6 Å². The fraction of sp³-hybridized carbons (Fsp3) is 0.300. The van der Waals surface area contributed by atoms with Crippen molar-refractivity contribution < 1.29 is 18.3 Å². The van der Waals surface area contributed by atoms with Crippen LogP contribution in [0.5, 0.6) is 0 Å². The Bertz CT molecular complexity index is 1330. The predicted octanol–water partition coefficient (Wildman–Crippen LogP) is 4.94. The zero-order chi connectivity index (χ0) is 25.6. The molecule has 1 fully saturated rings. The second-order valence-electron chi connectivity index (χ2n) is 9.47. The second kappa shape index (κ2) is 11.7. The maximum absolute atomic E-state index is 13.8. The summed E-state index contributed by atoms with van der Waals surface area (Å²) < 4.78 is 34.7. The molecule has 0 bridgehead atoms. The van der Waals surface area contributed by atoms with Gasteiger partial charge >= 0.3 is 0 Å². The van der Waals surface area contributed by atoms with E-state index < -0.39 is 0 Å². The van der Waals surface area contributed by atoms with Crippen molar-refractivity contribution in [2.45, 2.75) is 18.9 Å². The number of hydrogen-bond donors (Lipinski definition) is 1. The normalized spacial score (nSPS) is 15.1. The fourth-order valence-corrected chi connectivity index (χ4v) is 5.01. The first kappa shape index (κ1) is 25.1. The van der Waals surface area contributed by atoms with E-state index >= 15 is 0 Å². The van der Waals surface area contributed by atoms with E-state index in [1.807, 2.05) is 18.2 Å². The lowest BCUT2D eigenvalue weighted by Crippen LogP contribution is -2.41. The average molecular weight is 504 g/mol. The van der Waals surface area contributed by atoms with E-state index in [0.717, 1.165) is 60.4 Å². The molecule has 5 rings (SSSR count). The lowest BCUT2D eigenvalue weighted by molar-refractivity contribution is -0.121. The first-order valence-electron chi connectivity index (χ1n) is 12.7. The third kappa shape index (κ3) is 6.24. The van der Waals surface area contributed by atoms with Crippen LogP contribution in [0.2, 0.25) is 0 Å². The highest BCUT2D eigenvalue weighted by molar-refractivity contribution is 5.86. The van der Waals surface area contributed by atoms with Gasteiger partial charge in [0.05, 0.1) is 13.2 Å². The number of carbonyl (C=O) groups is 1. The Labute approximate surface area is 215 Å². The number of para-hydroxylation sites is 1. The van der Waals surface area contributed by atoms with Gasteiger partial charge in [0.1, 0.15) is 11.6 Å². The van der Waals surface area contributed by atoms with E-state index in [2.05, 4.69) is 27.0 Å². The van der Waals surface area contributed by atoms with Crippen molar-refractivity contribution in [2.24, 2.45) is 0 Å². The van der Waals surface area contributed by atoms with Gasteiger partial charge in [-0.05, 0) is 47.0 Å². The van der Waals surface area contributed by atoms with Crippen molar-refractivity contribution in [3.05, 3.63) is 107 Å². The van der Waals surface area contributed by atoms with Gasteiger partial charge in [-0.2, -0.15) is 0 Å². The summed E-state index contributed by atoms with van der Waals surface area (Å²) in [5, 5.41) is 4.12. The van der Waals surface area contributed by atoms with Crippen LogP contribution in [0.25, 0.3) is 10.9 Å². The Balaban J connectivity index is 1.41. The summed E-state index contributed by atoms with van der Waals surface area (Å²) in [6.07, 6.45) is 2.32. The molecule has 5 nitrogen and oxygen atoms in total. The van der Waals surface area contributed by atoms with Gasteiger partial charge in [0, 0.05) is 62.2 Å². The number of nitrogens with zero attached hydrogens (tertiary/aromatic N) is 2. The van der Waals surface area contributed by atoms with Crippen molar-refractivity contribution >= 4 is 16.8 Å². The van der Waals surface area contributed by atoms with Crippen LogP contribution in [0.1, 0.15) is 29.0 Å². The van der Waals surface area contributed by atoms with E-state index in [1.54, 1.807) is 24.3 Å². The molecule has 2 heterocycles. The minimum Gasteiger partial charge on any atom is -0.379 e. The summed E-state index contributed by atoms with van der Waals surface area (Å²) in [5.41, 5.74) is 3.90. The molecule has 3 aromatic carbocycles. The van der Waals surface area contributed by atoms with Crippen LogP contribution in [0, 0.1) is 11.6 Å². The number of carbonyl (C=O) groups excluding carboxylic acids is 1. The summed E-state index contributed by atoms with van der Waals surface area (Å²) in [7, 11) is 0. The van der Waals surface area contributed by atoms with Crippen molar-refractivity contribution in [2.75, 3.05) is 39.4 Å². The molecule has 7 heteroatoms. The predicted molar refractivity (Wildman–Crippen MR) is 141 cm³/mol. The number of fused-ring (bicyclic) bond motifs is 1. The number of benzene rings is 3. The van der Waals surface area contributed by atoms with Crippen LogP contribution in [0.3, 0.4) is 0 Å². The number of aromatic nitrogens is 1. The van der Waals surface area contributed by atoms with Gasteiger partial charge in [-0.15, -0.1) is 0 Å². The quantitative estimate of drug-likeness (QED) is 0.352. The number of rotatable bonds is 9. The summed E-state index contributed by atoms with van der Waals surface area (Å²) in [6, 6.07) is 21.0. The molecule has 1 atom stereocenters. The highest BCUT2D eigenvalue weighted by Crippen LogP contribution is 2.35. The summed E-state index contributed by atoms with van der Waals surface area (Å²) in [6.45, 7) is 5.13. The Morgan fingerprint density at radius 1 is 0.919 bits per heavy atom. The molecule has 0 spiro atoms. The molecule has 1 saturated heterocycles. The molecule has 0 saturated carbocycles. The van der Waals surface area contributed by atoms with Crippen LogP contribution in [0.4, 0.5) is 8.78 Å². The van der Waals surface area contributed by atoms with Crippen molar-refractivity contribution in [1.29, 1.82) is 0 Å². The molecule has 0 aliphatic carbocycles. The van der Waals surface area contributed by atoms with E-state index in [0.29, 0.717) is 13.1 Å². The maximum atomic E-state index is 13.8. The van der Waals surface area contributed by atoms with Crippen LogP contribution in [0.15, 0.2) is 79.0 Å². The molecule has 0 unspecified atom stereocenters. The van der Waals surface area contributed by atoms with Crippen LogP contribution in [-0.4, -0.2) is 54.8 Å². The third-order valence-electron chi connectivity index (χ3n) is 6.98. The minimum atomic E-state index is -0.309. The third-order valence-corrected chi connectivity index (χ3v) is 6.98. The van der Waals surface area contributed by atoms with Crippen LogP contribution >= 0.6 is 0 Å². The lowest BCUT2D eigenvalue weighted by Gasteiger charge is -2.26. The van der Waals surface area contributed by atoms with Crippen LogP contribution in [-0.2, 0) is 16.1 Å². The molecule has 4 aromatic rings. The molecule has 1 N–H and O–H groups in total. The second-order valence-corrected chi connectivity index (χ2v) is 9.47. The molecule has 1 aliphatic heterocycles. The topological polar surface area (TPSA) is 46.5 Å². The van der Waals surface area contributed by atoms with Gasteiger partial charge in [-0.25, -0.2) is 8.78 Å². The summed E-state index contributed by atoms with van der Waals surface area (Å²) >= 11 is 0. The Morgan fingerprint density at radius 3 is 2.32 bits per heavy atom. The van der Waals surface area contributed by atoms with Gasteiger partial charge < -0.3 is 14.6 Å². The van der Waals surface area contributed by atoms with Gasteiger partial charge in [0.15, 0.2) is 0 Å². The smallest absolute Gasteiger partial charge is 0.220 e. The molecular formula is C30H31F2N3O2. The standard InChI is InChI=1S/C30H31F2N3O2/c31-24-9-5-22(6-10-24)20-35-21-28(26-3-1-2-4-29(26)35)27(23-7-11-25(32)12-8-23)19-30(36)33-13-14-34-15-17-37-18-16-34/h1-12,21,27H,13-20H2,(H,33,36)/t27-/m0/s1. The van der Waals surface area contributed by atoms with Crippen LogP contribution < -0.4 is 5.32 Å². The Morgan fingerprint density at radius 2 is 1.59 bits per heavy atom. The van der Waals surface area contributed by atoms with E-state index in [1.165, 1.54) is 24.3 Å². The summed E-state index contributed by atoms with van der Waals surface area (Å²) in [4.78, 5) is 15.4. The van der Waals surface area contributed by atoms with Gasteiger partial charge in [0.25, 0.3) is 0 Å². The molecule has 192 valence electrons. The first-order chi connectivity index (χ1) is 18.1. The molecule has 37 heavy (non-hydrogen) atoms. The number of amides is 1. The number of halogens is 2. The number of ether oxygens (including phenoxy) is 1. The highest BCUT2D eigenvalue weighted by atomic mass is 19.1. The zero-order valence-corrected chi connectivity index (χ0v) is 20.7. The first-order valence-corrected chi connectivity index (χ1v) is 12.7. The van der Waals surface area contributed by atoms with E-state index in [-0.39, 0.29) is 29.9 Å². The molecule has 1 amide bonds. The maximum Gasteiger partial charge on any atom is 0.220 e. The average Bonchev–Trinajstić information content (AvgIpc) is 3.28. The largest absolute Gasteiger partial charge is 0.379 e.